The van der Waals surface area contributed by atoms with Gasteiger partial charge in [-0.2, -0.15) is 0 Å². The third-order valence-electron chi connectivity index (χ3n) is 5.42. The van der Waals surface area contributed by atoms with Crippen LogP contribution in [-0.2, 0) is 0 Å². The maximum absolute atomic E-state index is 12.9. The second-order valence-electron chi connectivity index (χ2n) is 7.33. The smallest absolute Gasteiger partial charge is 0.170 e. The summed E-state index contributed by atoms with van der Waals surface area (Å²) >= 11 is 0. The molecule has 28 heavy (non-hydrogen) atoms. The van der Waals surface area contributed by atoms with Crippen LogP contribution in [0.3, 0.4) is 0 Å². The number of nitrogens with zero attached hydrogens (tertiary/aromatic N) is 1. The lowest BCUT2D eigenvalue weighted by atomic mass is 9.95. The van der Waals surface area contributed by atoms with Gasteiger partial charge in [-0.25, -0.2) is 0 Å². The Hall–Kier alpha value is -2.73. The quantitative estimate of drug-likeness (QED) is 0.876. The standard InChI is InChI=1S/C22H26N2O4/c1-14-13-24(9-8-23-14)16-5-7-19-17(11-16)18(25)12-21(28-19)15-4-6-20(26-2)22(10-15)27-3/h4-7,10-11,14,21,23H,8-9,12-13H2,1-3H3/t14-,21?/m0/s1. The molecule has 2 aliphatic rings. The van der Waals surface area contributed by atoms with Crippen LogP contribution >= 0.6 is 0 Å². The second kappa shape index (κ2) is 7.72. The first-order valence-corrected chi connectivity index (χ1v) is 9.63. The fourth-order valence-electron chi connectivity index (χ4n) is 3.91. The number of anilines is 1. The van der Waals surface area contributed by atoms with Crippen molar-refractivity contribution in [3.05, 3.63) is 47.5 Å². The number of piperazine rings is 1. The predicted molar refractivity (Wildman–Crippen MR) is 108 cm³/mol. The van der Waals surface area contributed by atoms with E-state index < -0.39 is 0 Å². The molecule has 1 N–H and O–H groups in total. The molecule has 2 aromatic rings. The van der Waals surface area contributed by atoms with Gasteiger partial charge in [0.15, 0.2) is 17.3 Å². The number of benzene rings is 2. The van der Waals surface area contributed by atoms with Crippen LogP contribution in [-0.4, -0.2) is 45.7 Å². The van der Waals surface area contributed by atoms with Crippen molar-refractivity contribution in [3.63, 3.8) is 0 Å². The fraction of sp³-hybridized carbons (Fsp3) is 0.409. The molecule has 1 saturated heterocycles. The van der Waals surface area contributed by atoms with E-state index >= 15 is 0 Å². The molecule has 0 bridgehead atoms. The van der Waals surface area contributed by atoms with Crippen molar-refractivity contribution in [2.75, 3.05) is 38.8 Å². The number of hydrogen-bond acceptors (Lipinski definition) is 6. The molecule has 0 aromatic heterocycles. The van der Waals surface area contributed by atoms with E-state index in [1.807, 2.05) is 36.4 Å². The molecule has 2 atom stereocenters. The molecule has 2 aromatic carbocycles. The van der Waals surface area contributed by atoms with Gasteiger partial charge in [0.1, 0.15) is 11.9 Å². The summed E-state index contributed by atoms with van der Waals surface area (Å²) in [6, 6.07) is 12.0. The highest BCUT2D eigenvalue weighted by Crippen LogP contribution is 2.39. The van der Waals surface area contributed by atoms with Crippen LogP contribution in [0.4, 0.5) is 5.69 Å². The number of rotatable bonds is 4. The lowest BCUT2D eigenvalue weighted by Crippen LogP contribution is -2.49. The summed E-state index contributed by atoms with van der Waals surface area (Å²) in [4.78, 5) is 15.2. The summed E-state index contributed by atoms with van der Waals surface area (Å²) in [5, 5.41) is 3.44. The molecule has 2 heterocycles. The van der Waals surface area contributed by atoms with Crippen LogP contribution in [0.5, 0.6) is 17.2 Å². The fourth-order valence-corrected chi connectivity index (χ4v) is 3.91. The molecule has 6 heteroatoms. The van der Waals surface area contributed by atoms with Gasteiger partial charge in [0.25, 0.3) is 0 Å². The largest absolute Gasteiger partial charge is 0.493 e. The lowest BCUT2D eigenvalue weighted by Gasteiger charge is -2.34. The highest BCUT2D eigenvalue weighted by atomic mass is 16.5. The molecule has 4 rings (SSSR count). The van der Waals surface area contributed by atoms with Crippen LogP contribution in [0.15, 0.2) is 36.4 Å². The van der Waals surface area contributed by atoms with Crippen LogP contribution in [0.1, 0.15) is 35.4 Å². The molecule has 1 unspecified atom stereocenters. The second-order valence-corrected chi connectivity index (χ2v) is 7.33. The summed E-state index contributed by atoms with van der Waals surface area (Å²) in [6.45, 7) is 4.99. The van der Waals surface area contributed by atoms with Gasteiger partial charge in [0, 0.05) is 31.4 Å². The Balaban J connectivity index is 1.58. The van der Waals surface area contributed by atoms with Crippen molar-refractivity contribution in [2.45, 2.75) is 25.5 Å². The molecule has 2 aliphatic heterocycles. The number of methoxy groups -OCH3 is 2. The van der Waals surface area contributed by atoms with Crippen molar-refractivity contribution in [1.29, 1.82) is 0 Å². The summed E-state index contributed by atoms with van der Waals surface area (Å²) < 4.78 is 16.8. The van der Waals surface area contributed by atoms with Gasteiger partial charge >= 0.3 is 0 Å². The Kier molecular flexibility index (Phi) is 5.13. The van der Waals surface area contributed by atoms with E-state index in [1.165, 1.54) is 0 Å². The third kappa shape index (κ3) is 3.52. The highest BCUT2D eigenvalue weighted by Gasteiger charge is 2.29. The number of nitrogens with one attached hydrogen (secondary N) is 1. The van der Waals surface area contributed by atoms with Crippen molar-refractivity contribution in [2.24, 2.45) is 0 Å². The third-order valence-corrected chi connectivity index (χ3v) is 5.42. The van der Waals surface area contributed by atoms with Crippen molar-refractivity contribution < 1.29 is 19.0 Å². The molecule has 0 spiro atoms. The van der Waals surface area contributed by atoms with Crippen LogP contribution in [0.25, 0.3) is 0 Å². The summed E-state index contributed by atoms with van der Waals surface area (Å²) in [5.41, 5.74) is 2.64. The maximum Gasteiger partial charge on any atom is 0.170 e. The van der Waals surface area contributed by atoms with E-state index in [9.17, 15) is 4.79 Å². The van der Waals surface area contributed by atoms with Crippen molar-refractivity contribution in [3.8, 4) is 17.2 Å². The van der Waals surface area contributed by atoms with Gasteiger partial charge in [0.2, 0.25) is 0 Å². The zero-order valence-electron chi connectivity index (χ0n) is 16.5. The Morgan fingerprint density at radius 3 is 2.68 bits per heavy atom. The minimum Gasteiger partial charge on any atom is -0.493 e. The first-order chi connectivity index (χ1) is 13.6. The number of ether oxygens (including phenoxy) is 3. The average Bonchev–Trinajstić information content (AvgIpc) is 2.73. The number of carbonyl (C=O) groups is 1. The van der Waals surface area contributed by atoms with Crippen LogP contribution < -0.4 is 24.4 Å². The number of Topliss-reactive ketones (excluding diaryl/α,β-unsaturated/α-hetero) is 1. The average molecular weight is 382 g/mol. The molecule has 0 aliphatic carbocycles. The predicted octanol–water partition coefficient (Wildman–Crippen LogP) is 3.21. The maximum atomic E-state index is 12.9. The van der Waals surface area contributed by atoms with Gasteiger partial charge < -0.3 is 24.4 Å². The lowest BCUT2D eigenvalue weighted by molar-refractivity contribution is 0.0850. The Morgan fingerprint density at radius 2 is 1.93 bits per heavy atom. The van der Waals surface area contributed by atoms with E-state index in [0.29, 0.717) is 35.3 Å². The van der Waals surface area contributed by atoms with E-state index in [1.54, 1.807) is 14.2 Å². The molecule has 0 saturated carbocycles. The summed E-state index contributed by atoms with van der Waals surface area (Å²) in [6.07, 6.45) is -0.0194. The molecular formula is C22H26N2O4. The molecule has 1 fully saturated rings. The Morgan fingerprint density at radius 1 is 1.11 bits per heavy atom. The zero-order chi connectivity index (χ0) is 19.7. The topological polar surface area (TPSA) is 60.0 Å². The molecular weight excluding hydrogens is 356 g/mol. The normalized spacial score (nSPS) is 21.7. The SMILES string of the molecule is COc1ccc(C2CC(=O)c3cc(N4CCN[C@@H](C)C4)ccc3O2)cc1OC. The molecule has 6 nitrogen and oxygen atoms in total. The Labute approximate surface area is 165 Å². The first kappa shape index (κ1) is 18.6. The van der Waals surface area contributed by atoms with E-state index in [4.69, 9.17) is 14.2 Å². The molecule has 148 valence electrons. The summed E-state index contributed by atoms with van der Waals surface area (Å²) in [7, 11) is 3.20. The minimum atomic E-state index is -0.329. The van der Waals surface area contributed by atoms with Crippen molar-refractivity contribution >= 4 is 11.5 Å². The summed E-state index contributed by atoms with van der Waals surface area (Å²) in [5.74, 6) is 2.03. The first-order valence-electron chi connectivity index (χ1n) is 9.63. The van der Waals surface area contributed by atoms with E-state index in [0.717, 1.165) is 30.9 Å². The van der Waals surface area contributed by atoms with Gasteiger partial charge in [-0.05, 0) is 42.8 Å². The molecule has 0 radical (unpaired) electrons. The number of carbonyl (C=O) groups excluding carboxylic acids is 1. The number of ketones is 1. The van der Waals surface area contributed by atoms with Gasteiger partial charge in [-0.3, -0.25) is 4.79 Å². The van der Waals surface area contributed by atoms with Crippen LogP contribution in [0.2, 0.25) is 0 Å². The highest BCUT2D eigenvalue weighted by molar-refractivity contribution is 6.01. The number of hydrogen-bond donors (Lipinski definition) is 1. The number of fused-ring (bicyclic) bond motifs is 1. The minimum absolute atomic E-state index is 0.103. The van der Waals surface area contributed by atoms with E-state index in [2.05, 4.69) is 17.1 Å². The van der Waals surface area contributed by atoms with E-state index in [-0.39, 0.29) is 11.9 Å². The monoisotopic (exact) mass is 382 g/mol. The zero-order valence-corrected chi connectivity index (χ0v) is 16.5. The molecule has 0 amide bonds. The van der Waals surface area contributed by atoms with Gasteiger partial charge in [0.05, 0.1) is 26.2 Å². The van der Waals surface area contributed by atoms with Crippen molar-refractivity contribution in [1.82, 2.24) is 5.32 Å². The van der Waals surface area contributed by atoms with Crippen LogP contribution in [0, 0.1) is 0 Å². The van der Waals surface area contributed by atoms with Gasteiger partial charge in [-0.15, -0.1) is 0 Å². The Bertz CT molecular complexity index is 883. The van der Waals surface area contributed by atoms with Gasteiger partial charge in [-0.1, -0.05) is 6.07 Å².